The molecule has 0 amide bonds. The summed E-state index contributed by atoms with van der Waals surface area (Å²) in [7, 11) is 0. The SMILES string of the molecule is CC(C)(C)c1ccc(N(c2ccc(-c3ccccc3)cc2)c2cccc(-c3cccc(-n4c5ccccc5c5ccccc54)c3)c2)cc1. The Morgan fingerprint density at radius 3 is 1.52 bits per heavy atom. The minimum atomic E-state index is 0.0853. The number of hydrogen-bond acceptors (Lipinski definition) is 1. The highest BCUT2D eigenvalue weighted by Crippen LogP contribution is 2.39. The molecule has 0 fully saturated rings. The molecule has 8 aromatic rings. The number of anilines is 3. The van der Waals surface area contributed by atoms with Crippen LogP contribution in [-0.2, 0) is 5.41 Å². The van der Waals surface area contributed by atoms with E-state index in [1.807, 2.05) is 0 Å². The zero-order valence-electron chi connectivity index (χ0n) is 27.6. The number of benzene rings is 7. The molecule has 1 aromatic heterocycles. The lowest BCUT2D eigenvalue weighted by atomic mass is 9.87. The number of nitrogens with zero attached hydrogens (tertiary/aromatic N) is 2. The average Bonchev–Trinajstić information content (AvgIpc) is 3.47. The van der Waals surface area contributed by atoms with Gasteiger partial charge in [0.2, 0.25) is 0 Å². The lowest BCUT2D eigenvalue weighted by molar-refractivity contribution is 0.590. The first-order chi connectivity index (χ1) is 23.4. The lowest BCUT2D eigenvalue weighted by Crippen LogP contribution is -2.13. The lowest BCUT2D eigenvalue weighted by Gasteiger charge is -2.27. The molecule has 0 aliphatic heterocycles. The second-order valence-electron chi connectivity index (χ2n) is 13.5. The van der Waals surface area contributed by atoms with E-state index < -0.39 is 0 Å². The molecular weight excluding hydrogens is 581 g/mol. The van der Waals surface area contributed by atoms with Crippen molar-refractivity contribution in [3.63, 3.8) is 0 Å². The van der Waals surface area contributed by atoms with Crippen LogP contribution in [-0.4, -0.2) is 4.57 Å². The van der Waals surface area contributed by atoms with Gasteiger partial charge in [-0.15, -0.1) is 0 Å². The molecule has 2 heteroatoms. The van der Waals surface area contributed by atoms with Gasteiger partial charge in [-0.1, -0.05) is 136 Å². The topological polar surface area (TPSA) is 8.17 Å². The summed E-state index contributed by atoms with van der Waals surface area (Å²) >= 11 is 0. The first kappa shape index (κ1) is 29.5. The quantitative estimate of drug-likeness (QED) is 0.180. The minimum absolute atomic E-state index is 0.0853. The van der Waals surface area contributed by atoms with E-state index in [2.05, 4.69) is 206 Å². The predicted octanol–water partition coefficient (Wildman–Crippen LogP) is 12.9. The minimum Gasteiger partial charge on any atom is -0.310 e. The molecule has 0 atom stereocenters. The normalized spacial score (nSPS) is 11.6. The number of hydrogen-bond donors (Lipinski definition) is 0. The van der Waals surface area contributed by atoms with Crippen LogP contribution >= 0.6 is 0 Å². The summed E-state index contributed by atoms with van der Waals surface area (Å²) in [6.45, 7) is 6.79. The van der Waals surface area contributed by atoms with E-state index in [1.165, 1.54) is 49.6 Å². The summed E-state index contributed by atoms with van der Waals surface area (Å²) in [5.74, 6) is 0. The van der Waals surface area contributed by atoms with Crippen LogP contribution in [0.2, 0.25) is 0 Å². The Kier molecular flexibility index (Phi) is 7.42. The highest BCUT2D eigenvalue weighted by molar-refractivity contribution is 6.09. The van der Waals surface area contributed by atoms with Gasteiger partial charge in [-0.2, -0.15) is 0 Å². The summed E-state index contributed by atoms with van der Waals surface area (Å²) in [6, 6.07) is 63.7. The third-order valence-corrected chi connectivity index (χ3v) is 9.35. The van der Waals surface area contributed by atoms with Crippen LogP contribution in [0.25, 0.3) is 49.7 Å². The smallest absolute Gasteiger partial charge is 0.0541 e. The van der Waals surface area contributed by atoms with Crippen molar-refractivity contribution < 1.29 is 0 Å². The number of fused-ring (bicyclic) bond motifs is 3. The van der Waals surface area contributed by atoms with E-state index in [0.29, 0.717) is 0 Å². The van der Waals surface area contributed by atoms with E-state index in [4.69, 9.17) is 0 Å². The van der Waals surface area contributed by atoms with Crippen LogP contribution in [0, 0.1) is 0 Å². The van der Waals surface area contributed by atoms with Crippen LogP contribution in [0.5, 0.6) is 0 Å². The van der Waals surface area contributed by atoms with Crippen LogP contribution in [0.3, 0.4) is 0 Å². The van der Waals surface area contributed by atoms with Crippen molar-refractivity contribution in [3.05, 3.63) is 181 Å². The maximum atomic E-state index is 2.38. The van der Waals surface area contributed by atoms with Crippen LogP contribution in [0.1, 0.15) is 26.3 Å². The molecule has 7 aromatic carbocycles. The van der Waals surface area contributed by atoms with Crippen molar-refractivity contribution in [3.8, 4) is 27.9 Å². The molecular formula is C46H38N2. The summed E-state index contributed by atoms with van der Waals surface area (Å²) in [6.07, 6.45) is 0. The predicted molar refractivity (Wildman–Crippen MR) is 205 cm³/mol. The number of aromatic nitrogens is 1. The Morgan fingerprint density at radius 1 is 0.396 bits per heavy atom. The molecule has 1 heterocycles. The summed E-state index contributed by atoms with van der Waals surface area (Å²) < 4.78 is 2.38. The maximum Gasteiger partial charge on any atom is 0.0541 e. The van der Waals surface area contributed by atoms with Crippen molar-refractivity contribution in [2.75, 3.05) is 4.90 Å². The second kappa shape index (κ2) is 12.1. The molecule has 0 spiro atoms. The molecule has 232 valence electrons. The van der Waals surface area contributed by atoms with Crippen LogP contribution < -0.4 is 4.90 Å². The van der Waals surface area contributed by atoms with Crippen LogP contribution in [0.4, 0.5) is 17.1 Å². The number of rotatable bonds is 6. The van der Waals surface area contributed by atoms with Crippen LogP contribution in [0.15, 0.2) is 176 Å². The maximum absolute atomic E-state index is 2.38. The Morgan fingerprint density at radius 2 is 0.896 bits per heavy atom. The fourth-order valence-electron chi connectivity index (χ4n) is 6.84. The van der Waals surface area contributed by atoms with Gasteiger partial charge in [0.25, 0.3) is 0 Å². The third-order valence-electron chi connectivity index (χ3n) is 9.35. The second-order valence-corrected chi connectivity index (χ2v) is 13.5. The first-order valence-corrected chi connectivity index (χ1v) is 16.7. The molecule has 0 unspecified atom stereocenters. The van der Waals surface area contributed by atoms with E-state index in [-0.39, 0.29) is 5.41 Å². The Balaban J connectivity index is 1.22. The first-order valence-electron chi connectivity index (χ1n) is 16.7. The van der Waals surface area contributed by atoms with Gasteiger partial charge >= 0.3 is 0 Å². The summed E-state index contributed by atoms with van der Waals surface area (Å²) in [5, 5.41) is 2.54. The fraction of sp³-hybridized carbons (Fsp3) is 0.0870. The van der Waals surface area contributed by atoms with Crippen molar-refractivity contribution in [2.24, 2.45) is 0 Å². The zero-order chi connectivity index (χ0) is 32.7. The van der Waals surface area contributed by atoms with Gasteiger partial charge in [0.05, 0.1) is 11.0 Å². The standard InChI is InChI=1S/C46H38N2/c1-46(2,3)37-25-29-39(30-26-37)47(38-27-23-34(24-28-38)33-13-5-4-6-14-33)40-17-11-15-35(31-40)36-16-12-18-41(32-36)48-44-21-9-7-19-42(44)43-20-8-10-22-45(43)48/h4-32H,1-3H3. The van der Waals surface area contributed by atoms with E-state index >= 15 is 0 Å². The van der Waals surface area contributed by atoms with Crippen molar-refractivity contribution >= 4 is 38.9 Å². The monoisotopic (exact) mass is 618 g/mol. The van der Waals surface area contributed by atoms with Gasteiger partial charge < -0.3 is 9.47 Å². The third kappa shape index (κ3) is 5.46. The average molecular weight is 619 g/mol. The molecule has 8 rings (SSSR count). The van der Waals surface area contributed by atoms with E-state index in [0.717, 1.165) is 22.7 Å². The van der Waals surface area contributed by atoms with E-state index in [1.54, 1.807) is 0 Å². The van der Waals surface area contributed by atoms with Gasteiger partial charge in [-0.3, -0.25) is 0 Å². The largest absolute Gasteiger partial charge is 0.310 e. The molecule has 0 N–H and O–H groups in total. The van der Waals surface area contributed by atoms with Gasteiger partial charge in [0.15, 0.2) is 0 Å². The van der Waals surface area contributed by atoms with E-state index in [9.17, 15) is 0 Å². The highest BCUT2D eigenvalue weighted by atomic mass is 15.1. The van der Waals surface area contributed by atoms with Gasteiger partial charge in [0, 0.05) is 33.5 Å². The van der Waals surface area contributed by atoms with Gasteiger partial charge in [-0.05, 0) is 93.9 Å². The molecule has 0 saturated heterocycles. The van der Waals surface area contributed by atoms with Crippen molar-refractivity contribution in [2.45, 2.75) is 26.2 Å². The highest BCUT2D eigenvalue weighted by Gasteiger charge is 2.18. The van der Waals surface area contributed by atoms with Crippen molar-refractivity contribution in [1.29, 1.82) is 0 Å². The molecule has 0 saturated carbocycles. The molecule has 0 aliphatic rings. The summed E-state index contributed by atoms with van der Waals surface area (Å²) in [5.41, 5.74) is 13.1. The van der Waals surface area contributed by atoms with Crippen molar-refractivity contribution in [1.82, 2.24) is 4.57 Å². The molecule has 48 heavy (non-hydrogen) atoms. The fourth-order valence-corrected chi connectivity index (χ4v) is 6.84. The molecule has 0 radical (unpaired) electrons. The Labute approximate surface area is 283 Å². The number of para-hydroxylation sites is 2. The zero-order valence-corrected chi connectivity index (χ0v) is 27.6. The molecule has 0 bridgehead atoms. The molecule has 0 aliphatic carbocycles. The molecule has 2 nitrogen and oxygen atoms in total. The summed E-state index contributed by atoms with van der Waals surface area (Å²) in [4.78, 5) is 2.36. The Hall–Kier alpha value is -5.86. The van der Waals surface area contributed by atoms with Gasteiger partial charge in [-0.25, -0.2) is 0 Å². The Bertz CT molecular complexity index is 2300. The van der Waals surface area contributed by atoms with Gasteiger partial charge in [0.1, 0.15) is 0 Å².